The number of hydrogen-bond donors (Lipinski definition) is 1. The number of Topliss-reactive ketones (excluding diaryl/α,β-unsaturated/α-hetero) is 1. The SMILES string of the molecule is COc1cc(C)c(/C(O)=C2\C(=O)C(=O)N(c3ccc(C(C)(C)C)cc3)C2c2ccncc2)cc1C. The van der Waals surface area contributed by atoms with Gasteiger partial charge in [-0.3, -0.25) is 19.5 Å². The molecule has 1 unspecified atom stereocenters. The van der Waals surface area contributed by atoms with E-state index >= 15 is 0 Å². The zero-order valence-corrected chi connectivity index (χ0v) is 20.9. The van der Waals surface area contributed by atoms with Crippen LogP contribution in [0, 0.1) is 13.8 Å². The number of amides is 1. The lowest BCUT2D eigenvalue weighted by Crippen LogP contribution is -2.29. The monoisotopic (exact) mass is 470 g/mol. The van der Waals surface area contributed by atoms with Crippen LogP contribution >= 0.6 is 0 Å². The number of ketones is 1. The van der Waals surface area contributed by atoms with Crippen LogP contribution in [-0.4, -0.2) is 28.9 Å². The van der Waals surface area contributed by atoms with Crippen molar-refractivity contribution < 1.29 is 19.4 Å². The third-order valence-corrected chi connectivity index (χ3v) is 6.47. The summed E-state index contributed by atoms with van der Waals surface area (Å²) in [7, 11) is 1.58. The first kappa shape index (κ1) is 24.2. The second kappa shape index (κ2) is 9.02. The number of aryl methyl sites for hydroxylation is 2. The molecule has 1 aliphatic rings. The topological polar surface area (TPSA) is 79.7 Å². The smallest absolute Gasteiger partial charge is 0.300 e. The molecule has 35 heavy (non-hydrogen) atoms. The lowest BCUT2D eigenvalue weighted by Gasteiger charge is -2.26. The van der Waals surface area contributed by atoms with E-state index in [1.165, 1.54) is 4.90 Å². The van der Waals surface area contributed by atoms with Gasteiger partial charge < -0.3 is 9.84 Å². The van der Waals surface area contributed by atoms with Gasteiger partial charge in [0.25, 0.3) is 11.7 Å². The van der Waals surface area contributed by atoms with Gasteiger partial charge in [0.2, 0.25) is 0 Å². The highest BCUT2D eigenvalue weighted by molar-refractivity contribution is 6.51. The van der Waals surface area contributed by atoms with E-state index in [0.717, 1.165) is 16.7 Å². The molecule has 0 spiro atoms. The Bertz CT molecular complexity index is 1320. The number of carbonyl (C=O) groups is 2. The van der Waals surface area contributed by atoms with Crippen LogP contribution < -0.4 is 9.64 Å². The predicted molar refractivity (Wildman–Crippen MR) is 137 cm³/mol. The zero-order valence-electron chi connectivity index (χ0n) is 20.9. The molecular formula is C29H30N2O4. The molecule has 2 heterocycles. The molecule has 1 atom stereocenters. The van der Waals surface area contributed by atoms with Gasteiger partial charge in [-0.2, -0.15) is 0 Å². The minimum atomic E-state index is -0.791. The Labute approximate surface area is 205 Å². The largest absolute Gasteiger partial charge is 0.507 e. The first-order valence-electron chi connectivity index (χ1n) is 11.5. The van der Waals surface area contributed by atoms with Gasteiger partial charge in [0, 0.05) is 23.6 Å². The molecule has 0 bridgehead atoms. The lowest BCUT2D eigenvalue weighted by molar-refractivity contribution is -0.132. The summed E-state index contributed by atoms with van der Waals surface area (Å²) in [4.78, 5) is 32.3. The number of carbonyl (C=O) groups excluding carboxylic acids is 2. The average Bonchev–Trinajstić information content (AvgIpc) is 3.10. The van der Waals surface area contributed by atoms with Crippen molar-refractivity contribution in [3.63, 3.8) is 0 Å². The van der Waals surface area contributed by atoms with Gasteiger partial charge in [-0.05, 0) is 77.9 Å². The van der Waals surface area contributed by atoms with Crippen molar-refractivity contribution >= 4 is 23.1 Å². The Morgan fingerprint density at radius 2 is 1.60 bits per heavy atom. The van der Waals surface area contributed by atoms with Crippen LogP contribution in [0.4, 0.5) is 5.69 Å². The minimum absolute atomic E-state index is 0.0498. The summed E-state index contributed by atoms with van der Waals surface area (Å²) in [6.45, 7) is 10.0. The van der Waals surface area contributed by atoms with E-state index in [4.69, 9.17) is 4.74 Å². The number of rotatable bonds is 4. The highest BCUT2D eigenvalue weighted by Crippen LogP contribution is 2.43. The van der Waals surface area contributed by atoms with Crippen LogP contribution in [0.5, 0.6) is 5.75 Å². The van der Waals surface area contributed by atoms with Crippen molar-refractivity contribution in [3.05, 3.63) is 94.3 Å². The Hall–Kier alpha value is -3.93. The molecule has 1 N–H and O–H groups in total. The lowest BCUT2D eigenvalue weighted by atomic mass is 9.87. The molecule has 2 aromatic carbocycles. The summed E-state index contributed by atoms with van der Waals surface area (Å²) in [5.74, 6) is -0.928. The van der Waals surface area contributed by atoms with Crippen molar-refractivity contribution in [2.24, 2.45) is 0 Å². The number of methoxy groups -OCH3 is 1. The maximum atomic E-state index is 13.4. The molecule has 1 saturated heterocycles. The van der Waals surface area contributed by atoms with Gasteiger partial charge >= 0.3 is 0 Å². The van der Waals surface area contributed by atoms with Crippen molar-refractivity contribution in [1.29, 1.82) is 0 Å². The van der Waals surface area contributed by atoms with Gasteiger partial charge in [-0.1, -0.05) is 32.9 Å². The number of nitrogens with zero attached hydrogens (tertiary/aromatic N) is 2. The van der Waals surface area contributed by atoms with E-state index in [-0.39, 0.29) is 16.7 Å². The molecule has 1 aromatic heterocycles. The summed E-state index contributed by atoms with van der Waals surface area (Å²) in [6.07, 6.45) is 3.22. The first-order chi connectivity index (χ1) is 16.5. The van der Waals surface area contributed by atoms with Gasteiger partial charge in [0.1, 0.15) is 11.5 Å². The Morgan fingerprint density at radius 1 is 0.971 bits per heavy atom. The molecule has 3 aromatic rings. The molecule has 1 amide bonds. The number of benzene rings is 2. The minimum Gasteiger partial charge on any atom is -0.507 e. The van der Waals surface area contributed by atoms with Gasteiger partial charge in [-0.25, -0.2) is 0 Å². The molecular weight excluding hydrogens is 440 g/mol. The molecule has 4 rings (SSSR count). The standard InChI is InChI=1S/C29H30N2O4/c1-17-16-23(35-6)18(2)15-22(17)26(32)24-25(19-11-13-30-14-12-19)31(28(34)27(24)33)21-9-7-20(8-10-21)29(3,4)5/h7-16,25,32H,1-6H3/b26-24+. The molecule has 1 fully saturated rings. The van der Waals surface area contributed by atoms with E-state index in [2.05, 4.69) is 25.8 Å². The van der Waals surface area contributed by atoms with Crippen LogP contribution in [-0.2, 0) is 15.0 Å². The van der Waals surface area contributed by atoms with Crippen LogP contribution in [0.1, 0.15) is 54.6 Å². The number of aliphatic hydroxyl groups is 1. The number of anilines is 1. The third-order valence-electron chi connectivity index (χ3n) is 6.47. The van der Waals surface area contributed by atoms with Crippen LogP contribution in [0.15, 0.2) is 66.5 Å². The molecule has 180 valence electrons. The summed E-state index contributed by atoms with van der Waals surface area (Å²) < 4.78 is 5.39. The highest BCUT2D eigenvalue weighted by atomic mass is 16.5. The zero-order chi connectivity index (χ0) is 25.5. The third kappa shape index (κ3) is 4.32. The predicted octanol–water partition coefficient (Wildman–Crippen LogP) is 5.63. The van der Waals surface area contributed by atoms with Crippen molar-refractivity contribution in [1.82, 2.24) is 4.98 Å². The van der Waals surface area contributed by atoms with E-state index in [1.54, 1.807) is 37.7 Å². The van der Waals surface area contributed by atoms with Crippen molar-refractivity contribution in [2.45, 2.75) is 46.1 Å². The second-order valence-electron chi connectivity index (χ2n) is 9.88. The van der Waals surface area contributed by atoms with Crippen molar-refractivity contribution in [3.8, 4) is 5.75 Å². The van der Waals surface area contributed by atoms with Crippen molar-refractivity contribution in [2.75, 3.05) is 12.0 Å². The normalized spacial score (nSPS) is 17.7. The molecule has 0 saturated carbocycles. The number of ether oxygens (including phenoxy) is 1. The fourth-order valence-corrected chi connectivity index (χ4v) is 4.49. The Balaban J connectivity index is 1.92. The summed E-state index contributed by atoms with van der Waals surface area (Å²) in [5.41, 5.74) is 4.42. The fraction of sp³-hybridized carbons (Fsp3) is 0.276. The maximum absolute atomic E-state index is 13.4. The number of aromatic nitrogens is 1. The Morgan fingerprint density at radius 3 is 2.17 bits per heavy atom. The summed E-state index contributed by atoms with van der Waals surface area (Å²) >= 11 is 0. The average molecular weight is 471 g/mol. The number of pyridine rings is 1. The first-order valence-corrected chi connectivity index (χ1v) is 11.5. The van der Waals surface area contributed by atoms with E-state index < -0.39 is 17.7 Å². The number of hydrogen-bond acceptors (Lipinski definition) is 5. The molecule has 0 aliphatic carbocycles. The van der Waals surface area contributed by atoms with E-state index in [1.807, 2.05) is 44.2 Å². The molecule has 6 nitrogen and oxygen atoms in total. The molecule has 0 radical (unpaired) electrons. The van der Waals surface area contributed by atoms with Gasteiger partial charge in [0.05, 0.1) is 18.7 Å². The summed E-state index contributed by atoms with van der Waals surface area (Å²) in [5, 5.41) is 11.4. The van der Waals surface area contributed by atoms with Crippen LogP contribution in [0.3, 0.4) is 0 Å². The van der Waals surface area contributed by atoms with E-state index in [9.17, 15) is 14.7 Å². The quantitative estimate of drug-likeness (QED) is 0.304. The summed E-state index contributed by atoms with van der Waals surface area (Å²) in [6, 6.07) is 13.9. The maximum Gasteiger partial charge on any atom is 0.300 e. The fourth-order valence-electron chi connectivity index (χ4n) is 4.49. The van der Waals surface area contributed by atoms with Crippen LogP contribution in [0.2, 0.25) is 0 Å². The Kier molecular flexibility index (Phi) is 6.24. The number of aliphatic hydroxyl groups excluding tert-OH is 1. The van der Waals surface area contributed by atoms with Crippen LogP contribution in [0.25, 0.3) is 5.76 Å². The molecule has 1 aliphatic heterocycles. The highest BCUT2D eigenvalue weighted by Gasteiger charge is 2.47. The van der Waals surface area contributed by atoms with Gasteiger partial charge in [0.15, 0.2) is 0 Å². The second-order valence-corrected chi connectivity index (χ2v) is 9.88. The molecule has 6 heteroatoms. The van der Waals surface area contributed by atoms with Gasteiger partial charge in [-0.15, -0.1) is 0 Å². The van der Waals surface area contributed by atoms with E-state index in [0.29, 0.717) is 22.6 Å².